The molecule has 5 rings (SSSR count). The Kier molecular flexibility index (Phi) is 10.3. The van der Waals surface area contributed by atoms with Crippen LogP contribution in [0.15, 0.2) is 36.5 Å². The van der Waals surface area contributed by atoms with Gasteiger partial charge in [0.25, 0.3) is 5.91 Å². The number of aromatic nitrogens is 3. The molecule has 1 aliphatic carbocycles. The normalized spacial score (nSPS) is 16.9. The van der Waals surface area contributed by atoms with Gasteiger partial charge in [0.05, 0.1) is 13.2 Å². The van der Waals surface area contributed by atoms with E-state index >= 15 is 0 Å². The number of benzene rings is 1. The molecule has 43 heavy (non-hydrogen) atoms. The summed E-state index contributed by atoms with van der Waals surface area (Å²) in [5, 5.41) is 2.56. The minimum absolute atomic E-state index is 0.0127. The summed E-state index contributed by atoms with van der Waals surface area (Å²) in [5.41, 5.74) is 1.08. The second-order valence-corrected chi connectivity index (χ2v) is 10.7. The van der Waals surface area contributed by atoms with Crippen molar-refractivity contribution in [1.29, 1.82) is 0 Å². The fourth-order valence-corrected chi connectivity index (χ4v) is 5.13. The van der Waals surface area contributed by atoms with E-state index in [4.69, 9.17) is 14.2 Å². The van der Waals surface area contributed by atoms with Crippen LogP contribution in [0.4, 0.5) is 14.6 Å². The SMILES string of the molecule is CCN(CCCOC1CCCCO1)C(=O)c1c(NC=O)nc(-c2ccc(OC3CCC3)nc2)n1Cc1ccc(F)c(F)c1. The number of ether oxygens (including phenoxy) is 3. The first-order valence-electron chi connectivity index (χ1n) is 14.9. The molecule has 1 atom stereocenters. The van der Waals surface area contributed by atoms with Crippen molar-refractivity contribution in [3.63, 3.8) is 0 Å². The van der Waals surface area contributed by atoms with Crippen LogP contribution in [0.1, 0.15) is 67.9 Å². The van der Waals surface area contributed by atoms with Crippen LogP contribution in [0.2, 0.25) is 0 Å². The van der Waals surface area contributed by atoms with Gasteiger partial charge in [-0.25, -0.2) is 18.7 Å². The van der Waals surface area contributed by atoms with Crippen molar-refractivity contribution >= 4 is 18.1 Å². The van der Waals surface area contributed by atoms with Gasteiger partial charge in [0.15, 0.2) is 29.4 Å². The number of rotatable bonds is 14. The Morgan fingerprint density at radius 1 is 1.16 bits per heavy atom. The van der Waals surface area contributed by atoms with E-state index in [-0.39, 0.29) is 36.4 Å². The number of carbonyl (C=O) groups is 2. The predicted octanol–water partition coefficient (Wildman–Crippen LogP) is 5.17. The van der Waals surface area contributed by atoms with E-state index in [1.165, 1.54) is 6.07 Å². The van der Waals surface area contributed by atoms with Crippen LogP contribution in [0.5, 0.6) is 5.88 Å². The fourth-order valence-electron chi connectivity index (χ4n) is 5.13. The molecule has 0 bridgehead atoms. The van der Waals surface area contributed by atoms with Gasteiger partial charge in [-0.1, -0.05) is 6.07 Å². The molecular weight excluding hydrogens is 560 g/mol. The second-order valence-electron chi connectivity index (χ2n) is 10.7. The molecule has 2 aliphatic rings. The molecule has 1 aliphatic heterocycles. The summed E-state index contributed by atoms with van der Waals surface area (Å²) in [5.74, 6) is -1.49. The number of hydrogen-bond acceptors (Lipinski definition) is 7. The van der Waals surface area contributed by atoms with Crippen molar-refractivity contribution < 1.29 is 32.6 Å². The third-order valence-electron chi connectivity index (χ3n) is 7.71. The van der Waals surface area contributed by atoms with Crippen LogP contribution in [-0.4, -0.2) is 70.4 Å². The summed E-state index contributed by atoms with van der Waals surface area (Å²) in [7, 11) is 0. The number of anilines is 1. The molecule has 1 saturated heterocycles. The van der Waals surface area contributed by atoms with E-state index in [0.29, 0.717) is 62.0 Å². The first kappa shape index (κ1) is 30.6. The average Bonchev–Trinajstić information content (AvgIpc) is 3.35. The monoisotopic (exact) mass is 597 g/mol. The Hall–Kier alpha value is -3.90. The molecular formula is C31H37F2N5O5. The quantitative estimate of drug-likeness (QED) is 0.202. The largest absolute Gasteiger partial charge is 0.474 e. The number of pyridine rings is 1. The zero-order valence-electron chi connectivity index (χ0n) is 24.3. The molecule has 1 N–H and O–H groups in total. The lowest BCUT2D eigenvalue weighted by Gasteiger charge is -2.25. The highest BCUT2D eigenvalue weighted by Gasteiger charge is 2.28. The van der Waals surface area contributed by atoms with Crippen LogP contribution in [0.25, 0.3) is 11.4 Å². The van der Waals surface area contributed by atoms with Gasteiger partial charge in [-0.15, -0.1) is 0 Å². The Balaban J connectivity index is 1.43. The zero-order chi connectivity index (χ0) is 30.2. The van der Waals surface area contributed by atoms with Gasteiger partial charge < -0.3 is 29.0 Å². The van der Waals surface area contributed by atoms with Crippen molar-refractivity contribution in [2.24, 2.45) is 0 Å². The number of nitrogens with zero attached hydrogens (tertiary/aromatic N) is 4. The van der Waals surface area contributed by atoms with Crippen LogP contribution in [0.3, 0.4) is 0 Å². The summed E-state index contributed by atoms with van der Waals surface area (Å²) >= 11 is 0. The molecule has 12 heteroatoms. The molecule has 0 spiro atoms. The molecule has 2 amide bonds. The molecule has 2 aromatic heterocycles. The van der Waals surface area contributed by atoms with E-state index in [1.54, 1.807) is 27.8 Å². The maximum atomic E-state index is 14.2. The zero-order valence-corrected chi connectivity index (χ0v) is 24.3. The Labute approximate surface area is 249 Å². The minimum atomic E-state index is -1.01. The maximum absolute atomic E-state index is 14.2. The first-order valence-corrected chi connectivity index (χ1v) is 14.9. The third-order valence-corrected chi connectivity index (χ3v) is 7.71. The molecule has 3 aromatic rings. The second kappa shape index (κ2) is 14.5. The van der Waals surface area contributed by atoms with Crippen molar-refractivity contribution in [2.75, 3.05) is 31.6 Å². The molecule has 10 nitrogen and oxygen atoms in total. The van der Waals surface area contributed by atoms with Gasteiger partial charge >= 0.3 is 0 Å². The van der Waals surface area contributed by atoms with Gasteiger partial charge in [0.1, 0.15) is 11.9 Å². The number of amides is 2. The fraction of sp³-hybridized carbons (Fsp3) is 0.484. The average molecular weight is 598 g/mol. The van der Waals surface area contributed by atoms with Crippen LogP contribution >= 0.6 is 0 Å². The Morgan fingerprint density at radius 2 is 2.02 bits per heavy atom. The van der Waals surface area contributed by atoms with Crippen molar-refractivity contribution in [1.82, 2.24) is 19.4 Å². The number of imidazole rings is 1. The van der Waals surface area contributed by atoms with Gasteiger partial charge in [-0.3, -0.25) is 9.59 Å². The van der Waals surface area contributed by atoms with E-state index < -0.39 is 11.6 Å². The summed E-state index contributed by atoms with van der Waals surface area (Å²) in [6, 6.07) is 7.06. The molecule has 1 aromatic carbocycles. The van der Waals surface area contributed by atoms with Crippen molar-refractivity contribution in [2.45, 2.75) is 70.8 Å². The van der Waals surface area contributed by atoms with Gasteiger partial charge in [0, 0.05) is 37.5 Å². The van der Waals surface area contributed by atoms with Crippen LogP contribution < -0.4 is 10.1 Å². The molecule has 3 heterocycles. The summed E-state index contributed by atoms with van der Waals surface area (Å²) in [6.07, 6.45) is 8.60. The van der Waals surface area contributed by atoms with Crippen molar-refractivity contribution in [3.05, 3.63) is 59.4 Å². The first-order chi connectivity index (χ1) is 21.0. The number of halogens is 2. The maximum Gasteiger partial charge on any atom is 0.274 e. The van der Waals surface area contributed by atoms with E-state index in [0.717, 1.165) is 50.7 Å². The highest BCUT2D eigenvalue weighted by molar-refractivity contribution is 6.00. The van der Waals surface area contributed by atoms with Gasteiger partial charge in [-0.05, 0) is 75.6 Å². The van der Waals surface area contributed by atoms with Crippen molar-refractivity contribution in [3.8, 4) is 17.3 Å². The standard InChI is InChI=1S/C31H37F2N5O5/c1-2-37(14-6-16-42-27-9-3-4-15-41-27)31(40)28-29(35-20-39)36-30(38(28)19-21-10-12-24(32)25(33)17-21)22-11-13-26(34-18-22)43-23-7-5-8-23/h10-13,17-18,20,23,27H,2-9,14-16,19H2,1H3,(H,35,39). The van der Waals surface area contributed by atoms with E-state index in [9.17, 15) is 18.4 Å². The summed E-state index contributed by atoms with van der Waals surface area (Å²) in [4.78, 5) is 36.3. The topological polar surface area (TPSA) is 108 Å². The van der Waals surface area contributed by atoms with E-state index in [1.807, 2.05) is 6.92 Å². The predicted molar refractivity (Wildman–Crippen MR) is 155 cm³/mol. The molecule has 1 saturated carbocycles. The van der Waals surface area contributed by atoms with Crippen LogP contribution in [0, 0.1) is 11.6 Å². The smallest absolute Gasteiger partial charge is 0.274 e. The lowest BCUT2D eigenvalue weighted by atomic mass is 9.96. The third kappa shape index (κ3) is 7.55. The lowest BCUT2D eigenvalue weighted by molar-refractivity contribution is -0.162. The lowest BCUT2D eigenvalue weighted by Crippen LogP contribution is -2.35. The molecule has 1 unspecified atom stereocenters. The van der Waals surface area contributed by atoms with Gasteiger partial charge in [0.2, 0.25) is 12.3 Å². The Morgan fingerprint density at radius 3 is 2.67 bits per heavy atom. The van der Waals surface area contributed by atoms with Gasteiger partial charge in [-0.2, -0.15) is 0 Å². The number of nitrogens with one attached hydrogen (secondary N) is 1. The summed E-state index contributed by atoms with van der Waals surface area (Å²) in [6.45, 7) is 3.74. The highest BCUT2D eigenvalue weighted by atomic mass is 19.2. The summed E-state index contributed by atoms with van der Waals surface area (Å²) < 4.78 is 46.8. The van der Waals surface area contributed by atoms with Crippen LogP contribution in [-0.2, 0) is 20.8 Å². The Bertz CT molecular complexity index is 1390. The molecule has 0 radical (unpaired) electrons. The number of hydrogen-bond donors (Lipinski definition) is 1. The highest BCUT2D eigenvalue weighted by Crippen LogP contribution is 2.30. The number of carbonyl (C=O) groups excluding carboxylic acids is 2. The molecule has 2 fully saturated rings. The van der Waals surface area contributed by atoms with E-state index in [2.05, 4.69) is 15.3 Å². The molecule has 230 valence electrons. The minimum Gasteiger partial charge on any atom is -0.474 e.